The van der Waals surface area contributed by atoms with Crippen molar-refractivity contribution in [2.75, 3.05) is 0 Å². The van der Waals surface area contributed by atoms with Gasteiger partial charge < -0.3 is 4.98 Å². The van der Waals surface area contributed by atoms with Gasteiger partial charge in [-0.1, -0.05) is 49.5 Å². The summed E-state index contributed by atoms with van der Waals surface area (Å²) in [4.78, 5) is 3.67. The summed E-state index contributed by atoms with van der Waals surface area (Å²) in [6.45, 7) is 10.2. The summed E-state index contributed by atoms with van der Waals surface area (Å²) in [6, 6.07) is 13.5. The normalized spacial score (nSPS) is 17.0. The van der Waals surface area contributed by atoms with Crippen LogP contribution in [-0.4, -0.2) is 13.8 Å². The van der Waals surface area contributed by atoms with Gasteiger partial charge in [0.2, 0.25) is 0 Å². The number of allylic oxidation sites excluding steroid dienone is 1. The van der Waals surface area contributed by atoms with E-state index in [1.165, 1.54) is 0 Å². The van der Waals surface area contributed by atoms with Crippen LogP contribution in [-0.2, 0) is 12.4 Å². The van der Waals surface area contributed by atoms with Gasteiger partial charge in [-0.05, 0) is 78.1 Å². The highest BCUT2D eigenvalue weighted by Gasteiger charge is 2.44. The van der Waals surface area contributed by atoms with Gasteiger partial charge in [0.05, 0.1) is 11.1 Å². The Morgan fingerprint density at radius 3 is 1.89 bits per heavy atom. The first-order chi connectivity index (χ1) is 16.0. The highest BCUT2D eigenvalue weighted by atomic mass is 28.3. The molecule has 8 heteroatoms. The molecule has 0 amide bonds. The second-order valence-electron chi connectivity index (χ2n) is 10.7. The third-order valence-electron chi connectivity index (χ3n) is 6.27. The van der Waals surface area contributed by atoms with Gasteiger partial charge in [-0.25, -0.2) is 0 Å². The van der Waals surface area contributed by atoms with E-state index in [1.54, 1.807) is 6.08 Å². The SMILES string of the molecule is CC(C)(C)N[Si](C)(C)C1C(c2cc(C(F)(F)F)cc(C(F)(F)F)c2)=Cc2c1ccc1ccccc21. The van der Waals surface area contributed by atoms with Gasteiger partial charge in [0.25, 0.3) is 0 Å². The second-order valence-corrected chi connectivity index (χ2v) is 15.0. The Hall–Kier alpha value is -2.58. The average Bonchev–Trinajstić information content (AvgIpc) is 3.11. The van der Waals surface area contributed by atoms with E-state index in [0.29, 0.717) is 5.57 Å². The zero-order valence-electron chi connectivity index (χ0n) is 20.1. The van der Waals surface area contributed by atoms with Crippen molar-refractivity contribution in [3.8, 4) is 0 Å². The van der Waals surface area contributed by atoms with E-state index in [4.69, 9.17) is 0 Å². The molecular formula is C27H27F6NSi. The maximum absolute atomic E-state index is 13.7. The first-order valence-corrected chi connectivity index (χ1v) is 14.4. The minimum Gasteiger partial charge on any atom is -0.332 e. The zero-order chi connectivity index (χ0) is 26.0. The monoisotopic (exact) mass is 507 g/mol. The molecule has 1 aliphatic carbocycles. The van der Waals surface area contributed by atoms with E-state index < -0.39 is 31.7 Å². The Morgan fingerprint density at radius 1 is 0.771 bits per heavy atom. The largest absolute Gasteiger partial charge is 0.416 e. The number of fused-ring (bicyclic) bond motifs is 3. The molecule has 0 aromatic heterocycles. The van der Waals surface area contributed by atoms with E-state index in [2.05, 4.69) is 18.1 Å². The number of hydrogen-bond acceptors (Lipinski definition) is 1. The number of nitrogens with one attached hydrogen (secondary N) is 1. The highest BCUT2D eigenvalue weighted by molar-refractivity contribution is 6.78. The third-order valence-corrected chi connectivity index (χ3v) is 9.73. The van der Waals surface area contributed by atoms with Crippen molar-refractivity contribution in [3.05, 3.63) is 82.4 Å². The lowest BCUT2D eigenvalue weighted by Crippen LogP contribution is -2.58. The van der Waals surface area contributed by atoms with E-state index in [9.17, 15) is 26.3 Å². The quantitative estimate of drug-likeness (QED) is 0.276. The number of hydrogen-bond donors (Lipinski definition) is 1. The fourth-order valence-corrected chi connectivity index (χ4v) is 9.45. The van der Waals surface area contributed by atoms with Gasteiger partial charge in [0.1, 0.15) is 8.24 Å². The number of rotatable bonds is 3. The van der Waals surface area contributed by atoms with E-state index in [-0.39, 0.29) is 22.7 Å². The zero-order valence-corrected chi connectivity index (χ0v) is 21.1. The van der Waals surface area contributed by atoms with Crippen LogP contribution < -0.4 is 4.98 Å². The molecule has 35 heavy (non-hydrogen) atoms. The molecule has 0 spiro atoms. The lowest BCUT2D eigenvalue weighted by molar-refractivity contribution is -0.143. The predicted molar refractivity (Wildman–Crippen MR) is 131 cm³/mol. The highest BCUT2D eigenvalue weighted by Crippen LogP contribution is 2.50. The summed E-state index contributed by atoms with van der Waals surface area (Å²) in [6.07, 6.45) is -8.02. The molecule has 1 N–H and O–H groups in total. The Labute approximate surface area is 201 Å². The van der Waals surface area contributed by atoms with Crippen molar-refractivity contribution in [1.29, 1.82) is 0 Å². The van der Waals surface area contributed by atoms with Crippen molar-refractivity contribution in [2.24, 2.45) is 0 Å². The maximum atomic E-state index is 13.7. The molecule has 1 nitrogen and oxygen atoms in total. The minimum absolute atomic E-state index is 0.0475. The minimum atomic E-state index is -4.90. The molecule has 1 aliphatic rings. The fourth-order valence-electron chi connectivity index (χ4n) is 5.32. The van der Waals surface area contributed by atoms with Gasteiger partial charge in [-0.2, -0.15) is 26.3 Å². The van der Waals surface area contributed by atoms with Crippen LogP contribution >= 0.6 is 0 Å². The Morgan fingerprint density at radius 2 is 1.34 bits per heavy atom. The molecule has 0 saturated carbocycles. The van der Waals surface area contributed by atoms with E-state index in [1.807, 2.05) is 57.2 Å². The first-order valence-electron chi connectivity index (χ1n) is 11.3. The van der Waals surface area contributed by atoms with Crippen LogP contribution in [0.4, 0.5) is 26.3 Å². The van der Waals surface area contributed by atoms with Crippen LogP contribution in [0.3, 0.4) is 0 Å². The number of halogens is 6. The number of benzene rings is 3. The van der Waals surface area contributed by atoms with Crippen molar-refractivity contribution in [2.45, 2.75) is 57.3 Å². The Kier molecular flexibility index (Phi) is 6.00. The molecule has 0 saturated heterocycles. The molecule has 3 aromatic carbocycles. The second kappa shape index (κ2) is 8.23. The summed E-state index contributed by atoms with van der Waals surface area (Å²) < 4.78 is 81.9. The smallest absolute Gasteiger partial charge is 0.332 e. The van der Waals surface area contributed by atoms with Crippen LogP contribution in [0.15, 0.2) is 54.6 Å². The summed E-state index contributed by atoms with van der Waals surface area (Å²) in [7, 11) is -2.50. The van der Waals surface area contributed by atoms with Gasteiger partial charge in [-0.3, -0.25) is 0 Å². The molecule has 4 rings (SSSR count). The standard InChI is InChI=1S/C27H27F6NSi/c1-25(2,3)34-35(4,5)24-21-11-10-16-8-6-7-9-20(16)23(21)15-22(24)17-12-18(26(28,29)30)14-19(13-17)27(31,32)33/h6-15,24,34H,1-5H3. The van der Waals surface area contributed by atoms with Gasteiger partial charge >= 0.3 is 12.4 Å². The van der Waals surface area contributed by atoms with Gasteiger partial charge in [-0.15, -0.1) is 0 Å². The van der Waals surface area contributed by atoms with Crippen molar-refractivity contribution in [3.63, 3.8) is 0 Å². The van der Waals surface area contributed by atoms with Gasteiger partial charge in [0, 0.05) is 11.1 Å². The lowest BCUT2D eigenvalue weighted by Gasteiger charge is -2.39. The molecule has 0 aliphatic heterocycles. The molecule has 0 radical (unpaired) electrons. The van der Waals surface area contributed by atoms with Crippen LogP contribution in [0.2, 0.25) is 13.1 Å². The summed E-state index contributed by atoms with van der Waals surface area (Å²) in [5.41, 5.74) is -1.01. The van der Waals surface area contributed by atoms with E-state index in [0.717, 1.165) is 34.0 Å². The molecule has 0 bridgehead atoms. The van der Waals surface area contributed by atoms with E-state index >= 15 is 0 Å². The maximum Gasteiger partial charge on any atom is 0.416 e. The predicted octanol–water partition coefficient (Wildman–Crippen LogP) is 8.65. The van der Waals surface area contributed by atoms with Gasteiger partial charge in [0.15, 0.2) is 0 Å². The third kappa shape index (κ3) is 5.04. The lowest BCUT2D eigenvalue weighted by atomic mass is 9.97. The number of alkyl halides is 6. The van der Waals surface area contributed by atoms with Crippen molar-refractivity contribution >= 4 is 30.7 Å². The average molecular weight is 508 g/mol. The molecule has 0 fully saturated rings. The van der Waals surface area contributed by atoms with Crippen molar-refractivity contribution in [1.82, 2.24) is 4.98 Å². The first kappa shape index (κ1) is 25.5. The van der Waals surface area contributed by atoms with Crippen molar-refractivity contribution < 1.29 is 26.3 Å². The molecule has 1 unspecified atom stereocenters. The Bertz CT molecular complexity index is 1280. The molecule has 186 valence electrons. The fraction of sp³-hybridized carbons (Fsp3) is 0.333. The summed E-state index contributed by atoms with van der Waals surface area (Å²) >= 11 is 0. The Balaban J connectivity index is 2.01. The van der Waals surface area contributed by atoms with Crippen LogP contribution in [0.5, 0.6) is 0 Å². The summed E-state index contributed by atoms with van der Waals surface area (Å²) in [5, 5.41) is 1.89. The van der Waals surface area contributed by atoms with Crippen LogP contribution in [0.25, 0.3) is 22.4 Å². The molecular weight excluding hydrogens is 480 g/mol. The molecule has 1 atom stereocenters. The van der Waals surface area contributed by atoms with Crippen LogP contribution in [0.1, 0.15) is 54.1 Å². The topological polar surface area (TPSA) is 12.0 Å². The summed E-state index contributed by atoms with van der Waals surface area (Å²) in [5.74, 6) is 0. The van der Waals surface area contributed by atoms with Crippen LogP contribution in [0, 0.1) is 0 Å². The molecule has 3 aromatic rings. The molecule has 0 heterocycles.